The van der Waals surface area contributed by atoms with Crippen molar-refractivity contribution in [3.63, 3.8) is 0 Å². The van der Waals surface area contributed by atoms with Crippen LogP contribution in [0.3, 0.4) is 0 Å². The number of hydrogen-bond acceptors (Lipinski definition) is 7. The minimum absolute atomic E-state index is 0.123. The fraction of sp³-hybridized carbons (Fsp3) is 0.486. The molecule has 3 aliphatic rings. The van der Waals surface area contributed by atoms with Gasteiger partial charge in [-0.2, -0.15) is 0 Å². The van der Waals surface area contributed by atoms with E-state index in [9.17, 15) is 24.0 Å². The predicted octanol–water partition coefficient (Wildman–Crippen LogP) is 6.81. The van der Waals surface area contributed by atoms with E-state index in [0.29, 0.717) is 36.0 Å². The molecule has 3 atom stereocenters. The SMILES string of the molecule is CCOC(=O)C(=C\c1ccc(C)c2c1C[C@]1(C)C[C@]3(C)CC(C)=C(C(C)=O)C(=O)[C@]3(C)C(C)=C1C2=O)/C=C(\C)C(=O)OCC. The molecule has 3 aliphatic carbocycles. The molecule has 0 bridgehead atoms. The molecule has 7 heteroatoms. The smallest absolute Gasteiger partial charge is 0.338 e. The van der Waals surface area contributed by atoms with E-state index in [2.05, 4.69) is 13.8 Å². The highest BCUT2D eigenvalue weighted by molar-refractivity contribution is 6.24. The summed E-state index contributed by atoms with van der Waals surface area (Å²) in [7, 11) is 0. The maximum absolute atomic E-state index is 14.6. The van der Waals surface area contributed by atoms with Gasteiger partial charge in [-0.25, -0.2) is 9.59 Å². The molecule has 1 aromatic rings. The first kappa shape index (κ1) is 33.0. The third kappa shape index (κ3) is 5.04. The Bertz CT molecular complexity index is 1630. The molecule has 0 fully saturated rings. The molecule has 0 spiro atoms. The molecule has 0 saturated carbocycles. The van der Waals surface area contributed by atoms with E-state index in [0.717, 1.165) is 22.3 Å². The van der Waals surface area contributed by atoms with Crippen molar-refractivity contribution in [2.45, 2.75) is 88.5 Å². The number of hydrogen-bond donors (Lipinski definition) is 0. The van der Waals surface area contributed by atoms with Crippen LogP contribution >= 0.6 is 0 Å². The van der Waals surface area contributed by atoms with Crippen molar-refractivity contribution in [1.29, 1.82) is 0 Å². The van der Waals surface area contributed by atoms with Crippen molar-refractivity contribution in [3.8, 4) is 0 Å². The number of aryl methyl sites for hydroxylation is 1. The summed E-state index contributed by atoms with van der Waals surface area (Å²) in [6.07, 6.45) is 4.82. The van der Waals surface area contributed by atoms with E-state index in [4.69, 9.17) is 9.47 Å². The Hall–Kier alpha value is -3.87. The number of carbonyl (C=O) groups is 5. The number of benzene rings is 1. The van der Waals surface area contributed by atoms with Gasteiger partial charge in [0.15, 0.2) is 17.3 Å². The van der Waals surface area contributed by atoms with Gasteiger partial charge >= 0.3 is 11.9 Å². The van der Waals surface area contributed by atoms with E-state index in [-0.39, 0.29) is 47.3 Å². The Morgan fingerprint density at radius 3 is 2.11 bits per heavy atom. The van der Waals surface area contributed by atoms with E-state index >= 15 is 0 Å². The van der Waals surface area contributed by atoms with Gasteiger partial charge in [0.05, 0.1) is 29.8 Å². The van der Waals surface area contributed by atoms with Crippen molar-refractivity contribution in [3.05, 3.63) is 73.9 Å². The zero-order valence-corrected chi connectivity index (χ0v) is 27.7. The fourth-order valence-electron chi connectivity index (χ4n) is 8.15. The van der Waals surface area contributed by atoms with Crippen molar-refractivity contribution in [2.75, 3.05) is 13.2 Å². The summed E-state index contributed by atoms with van der Waals surface area (Å²) >= 11 is 0. The monoisotopic (exact) mass is 600 g/mol. The predicted molar refractivity (Wildman–Crippen MR) is 169 cm³/mol. The zero-order valence-electron chi connectivity index (χ0n) is 27.7. The lowest BCUT2D eigenvalue weighted by Crippen LogP contribution is -2.57. The molecule has 0 heterocycles. The van der Waals surface area contributed by atoms with E-state index in [1.807, 2.05) is 39.8 Å². The highest BCUT2D eigenvalue weighted by atomic mass is 16.5. The Balaban J connectivity index is 1.95. The standard InChI is InChI=1S/C37H44O7/c1-11-43-33(41)21(4)15-26(34(42)44-12-2)16-25-14-13-20(3)29-27(25)18-35(8)19-36(9)17-22(5)28(24(7)38)32(40)37(36,10)23(6)30(35)31(29)39/h13-16H,11-12,17-19H2,1-10H3/b21-15+,26-16-/t35-,36+,37+/m1/s1. The van der Waals surface area contributed by atoms with E-state index in [1.165, 1.54) is 13.0 Å². The third-order valence-electron chi connectivity index (χ3n) is 10.2. The average Bonchev–Trinajstić information content (AvgIpc) is 2.91. The van der Waals surface area contributed by atoms with Crippen LogP contribution < -0.4 is 0 Å². The van der Waals surface area contributed by atoms with Crippen molar-refractivity contribution in [1.82, 2.24) is 0 Å². The summed E-state index contributed by atoms with van der Waals surface area (Å²) in [5.74, 6) is -1.67. The van der Waals surface area contributed by atoms with Crippen LogP contribution in [0, 0.1) is 23.2 Å². The third-order valence-corrected chi connectivity index (χ3v) is 10.2. The lowest BCUT2D eigenvalue weighted by Gasteiger charge is -2.59. The maximum Gasteiger partial charge on any atom is 0.338 e. The Morgan fingerprint density at radius 1 is 0.909 bits per heavy atom. The fourth-order valence-corrected chi connectivity index (χ4v) is 8.15. The first-order valence-electron chi connectivity index (χ1n) is 15.4. The van der Waals surface area contributed by atoms with Crippen LogP contribution in [0.25, 0.3) is 6.08 Å². The second-order valence-electron chi connectivity index (χ2n) is 13.3. The van der Waals surface area contributed by atoms with Gasteiger partial charge in [0, 0.05) is 22.1 Å². The molecule has 0 saturated heterocycles. The van der Waals surface area contributed by atoms with Gasteiger partial charge < -0.3 is 9.47 Å². The van der Waals surface area contributed by atoms with Gasteiger partial charge in [0.2, 0.25) is 0 Å². The van der Waals surface area contributed by atoms with Gasteiger partial charge in [0.1, 0.15) is 0 Å². The number of Topliss-reactive ketones (excluding diaryl/α,β-unsaturated/α-hetero) is 3. The molecule has 1 aromatic carbocycles. The van der Waals surface area contributed by atoms with Gasteiger partial charge in [-0.05, 0) is 109 Å². The summed E-state index contributed by atoms with van der Waals surface area (Å²) in [6.45, 7) is 18.6. The van der Waals surface area contributed by atoms with Gasteiger partial charge in [-0.15, -0.1) is 0 Å². The van der Waals surface area contributed by atoms with Crippen molar-refractivity contribution >= 4 is 35.4 Å². The number of carbonyl (C=O) groups excluding carboxylic acids is 5. The summed E-state index contributed by atoms with van der Waals surface area (Å²) in [6, 6.07) is 3.75. The highest BCUT2D eigenvalue weighted by Crippen LogP contribution is 2.66. The normalized spacial score (nSPS) is 27.0. The van der Waals surface area contributed by atoms with Gasteiger partial charge in [0.25, 0.3) is 0 Å². The molecule has 4 rings (SSSR count). The number of fused-ring (bicyclic) bond motifs is 3. The van der Waals surface area contributed by atoms with Crippen LogP contribution in [0.2, 0.25) is 0 Å². The molecule has 0 aliphatic heterocycles. The maximum atomic E-state index is 14.6. The minimum Gasteiger partial charge on any atom is -0.463 e. The van der Waals surface area contributed by atoms with Crippen LogP contribution in [-0.4, -0.2) is 42.5 Å². The Kier molecular flexibility index (Phi) is 8.68. The van der Waals surface area contributed by atoms with Gasteiger partial charge in [-0.3, -0.25) is 14.4 Å². The van der Waals surface area contributed by atoms with Crippen LogP contribution in [-0.2, 0) is 35.1 Å². The zero-order chi connectivity index (χ0) is 32.9. The number of allylic oxidation sites excluding steroid dienone is 4. The van der Waals surface area contributed by atoms with Crippen molar-refractivity contribution in [2.24, 2.45) is 16.2 Å². The molecular formula is C37H44O7. The summed E-state index contributed by atoms with van der Waals surface area (Å²) in [5, 5.41) is 0. The second kappa shape index (κ2) is 11.6. The summed E-state index contributed by atoms with van der Waals surface area (Å²) in [5.41, 5.74) is 3.67. The Labute approximate surface area is 260 Å². The van der Waals surface area contributed by atoms with E-state index < -0.39 is 28.2 Å². The lowest BCUT2D eigenvalue weighted by molar-refractivity contribution is -0.138. The van der Waals surface area contributed by atoms with Crippen LogP contribution in [0.15, 0.2) is 51.6 Å². The summed E-state index contributed by atoms with van der Waals surface area (Å²) < 4.78 is 10.4. The average molecular weight is 601 g/mol. The number of rotatable bonds is 7. The van der Waals surface area contributed by atoms with Crippen LogP contribution in [0.4, 0.5) is 0 Å². The molecule has 0 aromatic heterocycles. The molecular weight excluding hydrogens is 556 g/mol. The molecule has 0 N–H and O–H groups in total. The first-order chi connectivity index (χ1) is 20.5. The number of ether oxygens (including phenoxy) is 2. The molecule has 44 heavy (non-hydrogen) atoms. The quantitative estimate of drug-likeness (QED) is 0.147. The first-order valence-corrected chi connectivity index (χ1v) is 15.4. The molecule has 0 unspecified atom stereocenters. The largest absolute Gasteiger partial charge is 0.463 e. The van der Waals surface area contributed by atoms with E-state index in [1.54, 1.807) is 26.8 Å². The van der Waals surface area contributed by atoms with Crippen LogP contribution in [0.1, 0.15) is 102 Å². The highest BCUT2D eigenvalue weighted by Gasteiger charge is 2.63. The molecule has 7 nitrogen and oxygen atoms in total. The second-order valence-corrected chi connectivity index (χ2v) is 13.3. The molecule has 234 valence electrons. The molecule has 0 amide bonds. The van der Waals surface area contributed by atoms with Gasteiger partial charge in [-0.1, -0.05) is 37.1 Å². The van der Waals surface area contributed by atoms with Crippen molar-refractivity contribution < 1.29 is 33.4 Å². The van der Waals surface area contributed by atoms with Crippen LogP contribution in [0.5, 0.6) is 0 Å². The lowest BCUT2D eigenvalue weighted by atomic mass is 9.42. The minimum atomic E-state index is -0.993. The molecule has 0 radical (unpaired) electrons. The Morgan fingerprint density at radius 2 is 1.52 bits per heavy atom. The summed E-state index contributed by atoms with van der Waals surface area (Å²) in [4.78, 5) is 66.7. The number of esters is 2. The number of ketones is 3. The topological polar surface area (TPSA) is 104 Å².